The first-order chi connectivity index (χ1) is 14.7. The molecule has 1 amide bonds. The van der Waals surface area contributed by atoms with E-state index in [9.17, 15) is 14.4 Å². The molecule has 4 rings (SSSR count). The van der Waals surface area contributed by atoms with Gasteiger partial charge in [-0.1, -0.05) is 38.1 Å². The third-order valence-electron chi connectivity index (χ3n) is 5.91. The van der Waals surface area contributed by atoms with E-state index in [2.05, 4.69) is 5.32 Å². The van der Waals surface area contributed by atoms with Crippen molar-refractivity contribution in [2.24, 2.45) is 5.41 Å². The second kappa shape index (κ2) is 7.65. The fraction of sp³-hybridized carbons (Fsp3) is 0.269. The van der Waals surface area contributed by atoms with Crippen molar-refractivity contribution in [1.82, 2.24) is 4.57 Å². The van der Waals surface area contributed by atoms with Crippen molar-refractivity contribution in [3.8, 4) is 5.69 Å². The number of ketones is 1. The molecule has 0 unspecified atom stereocenters. The van der Waals surface area contributed by atoms with Gasteiger partial charge in [-0.25, -0.2) is 0 Å². The van der Waals surface area contributed by atoms with Gasteiger partial charge in [0.25, 0.3) is 11.5 Å². The van der Waals surface area contributed by atoms with Crippen LogP contribution in [0.2, 0.25) is 0 Å². The zero-order valence-electron chi connectivity index (χ0n) is 18.3. The van der Waals surface area contributed by atoms with Crippen LogP contribution in [0.25, 0.3) is 5.69 Å². The number of pyridine rings is 1. The van der Waals surface area contributed by atoms with Gasteiger partial charge in [-0.2, -0.15) is 0 Å². The SMILES string of the molecule is Cc1ccc(NC(=O)c2cc3c(n(-c4ccccc4)c2=O)CC(C)(C)CC3=O)cc1C. The molecule has 1 aromatic heterocycles. The first-order valence-electron chi connectivity index (χ1n) is 10.4. The van der Waals surface area contributed by atoms with Crippen molar-refractivity contribution in [2.45, 2.75) is 40.5 Å². The molecule has 2 aromatic carbocycles. The first kappa shape index (κ1) is 20.8. The summed E-state index contributed by atoms with van der Waals surface area (Å²) < 4.78 is 1.53. The number of fused-ring (bicyclic) bond motifs is 1. The molecule has 0 bridgehead atoms. The summed E-state index contributed by atoms with van der Waals surface area (Å²) in [5.74, 6) is -0.561. The molecule has 0 saturated heterocycles. The molecule has 1 aliphatic carbocycles. The number of nitrogens with zero attached hydrogens (tertiary/aromatic N) is 1. The summed E-state index contributed by atoms with van der Waals surface area (Å²) in [5.41, 5.74) is 3.84. The van der Waals surface area contributed by atoms with Gasteiger partial charge in [-0.15, -0.1) is 0 Å². The summed E-state index contributed by atoms with van der Waals surface area (Å²) in [7, 11) is 0. The lowest BCUT2D eigenvalue weighted by molar-refractivity contribution is 0.0909. The number of rotatable bonds is 3. The van der Waals surface area contributed by atoms with E-state index < -0.39 is 11.5 Å². The Morgan fingerprint density at radius 1 is 0.935 bits per heavy atom. The van der Waals surface area contributed by atoms with Crippen molar-refractivity contribution in [3.63, 3.8) is 0 Å². The standard InChI is InChI=1S/C26H26N2O3/c1-16-10-11-18(12-17(16)2)27-24(30)21-13-20-22(14-26(3,4)15-23(20)29)28(25(21)31)19-8-6-5-7-9-19/h5-13H,14-15H2,1-4H3,(H,27,30). The van der Waals surface area contributed by atoms with Gasteiger partial charge in [0.2, 0.25) is 0 Å². The van der Waals surface area contributed by atoms with Gasteiger partial charge in [-0.05, 0) is 67.1 Å². The third kappa shape index (κ3) is 3.96. The van der Waals surface area contributed by atoms with Crippen LogP contribution < -0.4 is 10.9 Å². The Balaban J connectivity index is 1.87. The smallest absolute Gasteiger partial charge is 0.268 e. The van der Waals surface area contributed by atoms with Crippen LogP contribution in [0.5, 0.6) is 0 Å². The number of Topliss-reactive ketones (excluding diaryl/α,β-unsaturated/α-hetero) is 1. The van der Waals surface area contributed by atoms with Crippen molar-refractivity contribution in [1.29, 1.82) is 0 Å². The van der Waals surface area contributed by atoms with Crippen LogP contribution in [0.4, 0.5) is 5.69 Å². The van der Waals surface area contributed by atoms with E-state index in [4.69, 9.17) is 0 Å². The van der Waals surface area contributed by atoms with Crippen molar-refractivity contribution >= 4 is 17.4 Å². The van der Waals surface area contributed by atoms with E-state index in [0.29, 0.717) is 35.5 Å². The van der Waals surface area contributed by atoms with Crippen LogP contribution >= 0.6 is 0 Å². The molecule has 0 fully saturated rings. The maximum atomic E-state index is 13.5. The molecule has 158 valence electrons. The molecule has 0 atom stereocenters. The number of nitrogens with one attached hydrogen (secondary N) is 1. The van der Waals surface area contributed by atoms with E-state index in [-0.39, 0.29) is 16.8 Å². The van der Waals surface area contributed by atoms with Gasteiger partial charge in [0.1, 0.15) is 5.56 Å². The molecule has 1 heterocycles. The van der Waals surface area contributed by atoms with Crippen molar-refractivity contribution < 1.29 is 9.59 Å². The van der Waals surface area contributed by atoms with Crippen LogP contribution in [-0.2, 0) is 6.42 Å². The largest absolute Gasteiger partial charge is 0.322 e. The maximum Gasteiger partial charge on any atom is 0.268 e. The molecule has 0 saturated carbocycles. The predicted molar refractivity (Wildman–Crippen MR) is 122 cm³/mol. The summed E-state index contributed by atoms with van der Waals surface area (Å²) >= 11 is 0. The number of aryl methyl sites for hydroxylation is 2. The fourth-order valence-corrected chi connectivity index (χ4v) is 4.14. The number of benzene rings is 2. The Morgan fingerprint density at radius 3 is 2.32 bits per heavy atom. The van der Waals surface area contributed by atoms with Crippen LogP contribution in [0.1, 0.15) is 57.8 Å². The second-order valence-electron chi connectivity index (χ2n) is 9.09. The fourth-order valence-electron chi connectivity index (χ4n) is 4.14. The third-order valence-corrected chi connectivity index (χ3v) is 5.91. The minimum Gasteiger partial charge on any atom is -0.322 e. The van der Waals surface area contributed by atoms with E-state index in [1.807, 2.05) is 76.2 Å². The summed E-state index contributed by atoms with van der Waals surface area (Å²) in [6.45, 7) is 8.00. The van der Waals surface area contributed by atoms with E-state index in [0.717, 1.165) is 11.1 Å². The molecule has 0 spiro atoms. The predicted octanol–water partition coefficient (Wildman–Crippen LogP) is 4.86. The molecule has 1 aliphatic rings. The highest BCUT2D eigenvalue weighted by atomic mass is 16.2. The lowest BCUT2D eigenvalue weighted by atomic mass is 9.75. The van der Waals surface area contributed by atoms with Gasteiger partial charge in [0.15, 0.2) is 5.78 Å². The molecule has 5 heteroatoms. The van der Waals surface area contributed by atoms with Gasteiger partial charge >= 0.3 is 0 Å². The molecule has 3 aromatic rings. The van der Waals surface area contributed by atoms with Gasteiger partial charge < -0.3 is 5.32 Å². The number of carbonyl (C=O) groups is 2. The minimum atomic E-state index is -0.515. The minimum absolute atomic E-state index is 0.0334. The number of hydrogen-bond donors (Lipinski definition) is 1. The number of hydrogen-bond acceptors (Lipinski definition) is 3. The highest BCUT2D eigenvalue weighted by Gasteiger charge is 2.35. The van der Waals surface area contributed by atoms with Crippen LogP contribution in [0.3, 0.4) is 0 Å². The van der Waals surface area contributed by atoms with Gasteiger partial charge in [0.05, 0.1) is 0 Å². The molecule has 0 radical (unpaired) electrons. The highest BCUT2D eigenvalue weighted by molar-refractivity contribution is 6.07. The van der Waals surface area contributed by atoms with E-state index in [1.54, 1.807) is 0 Å². The molecular weight excluding hydrogens is 388 g/mol. The first-order valence-corrected chi connectivity index (χ1v) is 10.4. The average molecular weight is 415 g/mol. The summed E-state index contributed by atoms with van der Waals surface area (Å²) in [6.07, 6.45) is 0.961. The van der Waals surface area contributed by atoms with Crippen LogP contribution in [-0.4, -0.2) is 16.3 Å². The molecule has 5 nitrogen and oxygen atoms in total. The average Bonchev–Trinajstić information content (AvgIpc) is 2.70. The topological polar surface area (TPSA) is 68.2 Å². The van der Waals surface area contributed by atoms with Crippen molar-refractivity contribution in [2.75, 3.05) is 5.32 Å². The van der Waals surface area contributed by atoms with Gasteiger partial charge in [0, 0.05) is 29.1 Å². The zero-order chi connectivity index (χ0) is 22.3. The molecule has 1 N–H and O–H groups in total. The summed E-state index contributed by atoms with van der Waals surface area (Å²) in [5, 5.41) is 2.82. The normalized spacial score (nSPS) is 14.8. The number of amides is 1. The molecule has 0 aliphatic heterocycles. The quantitative estimate of drug-likeness (QED) is 0.665. The van der Waals surface area contributed by atoms with E-state index in [1.165, 1.54) is 10.6 Å². The maximum absolute atomic E-state index is 13.5. The monoisotopic (exact) mass is 414 g/mol. The van der Waals surface area contributed by atoms with Gasteiger partial charge in [-0.3, -0.25) is 19.0 Å². The summed E-state index contributed by atoms with van der Waals surface area (Å²) in [6, 6.07) is 16.3. The number of anilines is 1. The zero-order valence-corrected chi connectivity index (χ0v) is 18.3. The van der Waals surface area contributed by atoms with Crippen LogP contribution in [0, 0.1) is 19.3 Å². The Labute approximate surface area is 181 Å². The highest BCUT2D eigenvalue weighted by Crippen LogP contribution is 2.35. The number of carbonyl (C=O) groups excluding carboxylic acids is 2. The van der Waals surface area contributed by atoms with E-state index >= 15 is 0 Å². The number of para-hydroxylation sites is 1. The van der Waals surface area contributed by atoms with Crippen LogP contribution in [0.15, 0.2) is 59.4 Å². The summed E-state index contributed by atoms with van der Waals surface area (Å²) in [4.78, 5) is 39.6. The Morgan fingerprint density at radius 2 is 1.65 bits per heavy atom. The second-order valence-corrected chi connectivity index (χ2v) is 9.09. The number of aromatic nitrogens is 1. The Hall–Kier alpha value is -3.47. The molecule has 31 heavy (non-hydrogen) atoms. The van der Waals surface area contributed by atoms with Crippen molar-refractivity contribution in [3.05, 3.63) is 92.9 Å². The Bertz CT molecular complexity index is 1250. The lowest BCUT2D eigenvalue weighted by Gasteiger charge is -2.32. The Kier molecular flexibility index (Phi) is 5.13. The lowest BCUT2D eigenvalue weighted by Crippen LogP contribution is -2.37. The molecular formula is C26H26N2O3.